The second-order valence-corrected chi connectivity index (χ2v) is 8.06. The van der Waals surface area contributed by atoms with E-state index >= 15 is 0 Å². The van der Waals surface area contributed by atoms with Crippen LogP contribution in [-0.2, 0) is 20.7 Å². The molecule has 0 fully saturated rings. The summed E-state index contributed by atoms with van der Waals surface area (Å²) in [6.07, 6.45) is 1.67. The number of primary amides is 1. The molecule has 0 saturated heterocycles. The van der Waals surface area contributed by atoms with E-state index in [1.54, 1.807) is 19.2 Å². The maximum Gasteiger partial charge on any atom is 0.264 e. The zero-order valence-electron chi connectivity index (χ0n) is 21.2. The van der Waals surface area contributed by atoms with Crippen LogP contribution in [0, 0.1) is 19.7 Å². The van der Waals surface area contributed by atoms with E-state index in [4.69, 9.17) is 14.3 Å². The number of imidazole rings is 1. The van der Waals surface area contributed by atoms with Gasteiger partial charge >= 0.3 is 0 Å². The Kier molecular flexibility index (Phi) is 13.4. The minimum atomic E-state index is -2.58. The van der Waals surface area contributed by atoms with Gasteiger partial charge in [-0.05, 0) is 56.6 Å². The number of carbonyl (C=O) groups is 2. The van der Waals surface area contributed by atoms with Crippen molar-refractivity contribution in [3.63, 3.8) is 0 Å². The van der Waals surface area contributed by atoms with Gasteiger partial charge < -0.3 is 25.0 Å². The molecule has 0 aliphatic carbocycles. The summed E-state index contributed by atoms with van der Waals surface area (Å²) in [4.78, 5) is 21.2. The van der Waals surface area contributed by atoms with Crippen LogP contribution in [0.5, 0.6) is 0 Å². The Morgan fingerprint density at radius 1 is 1.22 bits per heavy atom. The zero-order valence-corrected chi connectivity index (χ0v) is 21.2. The number of hydrogen-bond donors (Lipinski definition) is 2. The minimum absolute atomic E-state index is 0.0895. The Bertz CT molecular complexity index is 1110. The van der Waals surface area contributed by atoms with Crippen molar-refractivity contribution in [2.24, 2.45) is 5.73 Å². The summed E-state index contributed by atoms with van der Waals surface area (Å²) >= 11 is 0. The average molecular weight is 509 g/mol. The van der Waals surface area contributed by atoms with Crippen LogP contribution in [0.2, 0.25) is 0 Å². The van der Waals surface area contributed by atoms with Crippen LogP contribution in [0.25, 0.3) is 16.9 Å². The average Bonchev–Trinajstić information content (AvgIpc) is 3.20. The number of nitrogens with two attached hydrogens (primary N) is 1. The normalized spacial score (nSPS) is 11.4. The Balaban J connectivity index is 0.00000120. The Labute approximate surface area is 209 Å². The zero-order chi connectivity index (χ0) is 27.3. The number of benzene rings is 1. The van der Waals surface area contributed by atoms with Crippen molar-refractivity contribution < 1.29 is 27.5 Å². The number of nitrogens with zero attached hydrogens (tertiary/aromatic N) is 2. The van der Waals surface area contributed by atoms with E-state index in [9.17, 15) is 13.2 Å². The van der Waals surface area contributed by atoms with Gasteiger partial charge in [0.2, 0.25) is 6.41 Å². The molecule has 7 nitrogen and oxygen atoms in total. The number of hydrogen-bond acceptors (Lipinski definition) is 5. The number of rotatable bonds is 10. The van der Waals surface area contributed by atoms with Gasteiger partial charge in [0, 0.05) is 36.9 Å². The lowest BCUT2D eigenvalue weighted by molar-refractivity contribution is -0.107. The molecule has 1 atom stereocenters. The van der Waals surface area contributed by atoms with Crippen LogP contribution in [-0.4, -0.2) is 48.9 Å². The molecule has 1 amide bonds. The second kappa shape index (κ2) is 15.7. The number of likely N-dealkylation sites (N-methyl/N-ethyl adjacent to an activating group) is 1. The number of unbranched alkanes of at least 4 members (excludes halogenated alkanes) is 1. The van der Waals surface area contributed by atoms with E-state index in [1.165, 1.54) is 18.2 Å². The highest BCUT2D eigenvalue weighted by molar-refractivity contribution is 5.70. The Hall–Kier alpha value is -3.24. The third-order valence-electron chi connectivity index (χ3n) is 5.47. The van der Waals surface area contributed by atoms with E-state index < -0.39 is 6.43 Å². The summed E-state index contributed by atoms with van der Waals surface area (Å²) in [5.41, 5.74) is 8.02. The molecule has 1 unspecified atom stereocenters. The van der Waals surface area contributed by atoms with Gasteiger partial charge in [0.15, 0.2) is 0 Å². The molecule has 3 rings (SSSR count). The molecule has 198 valence electrons. The number of aryl methyl sites for hydroxylation is 2. The minimum Gasteiger partial charge on any atom is -0.376 e. The molecule has 3 aromatic rings. The topological polar surface area (TPSA) is 98.7 Å². The van der Waals surface area contributed by atoms with Gasteiger partial charge in [-0.25, -0.2) is 18.2 Å². The van der Waals surface area contributed by atoms with Crippen LogP contribution in [0.1, 0.15) is 48.6 Å². The molecule has 0 bridgehead atoms. The summed E-state index contributed by atoms with van der Waals surface area (Å²) in [6.45, 7) is 9.00. The van der Waals surface area contributed by atoms with E-state index in [-0.39, 0.29) is 23.9 Å². The fraction of sp³-hybridized carbons (Fsp3) is 0.423. The van der Waals surface area contributed by atoms with Gasteiger partial charge in [0.25, 0.3) is 6.43 Å². The van der Waals surface area contributed by atoms with Crippen molar-refractivity contribution >= 4 is 18.8 Å². The van der Waals surface area contributed by atoms with Crippen molar-refractivity contribution in [1.82, 2.24) is 14.7 Å². The predicted octanol–water partition coefficient (Wildman–Crippen LogP) is 4.56. The third-order valence-corrected chi connectivity index (χ3v) is 5.47. The highest BCUT2D eigenvalue weighted by Gasteiger charge is 2.22. The SMILES string of the molecule is C=O.CCCCOC(CNC)Cc1c(-c2cc(F)c(C)cc2C)nc2cc(C(F)F)ccn12.NC=O. The molecule has 1 aromatic carbocycles. The smallest absolute Gasteiger partial charge is 0.264 e. The fourth-order valence-electron chi connectivity index (χ4n) is 3.77. The predicted molar refractivity (Wildman–Crippen MR) is 135 cm³/mol. The molecule has 0 saturated carbocycles. The molecule has 0 spiro atoms. The number of amides is 1. The van der Waals surface area contributed by atoms with E-state index in [2.05, 4.69) is 23.0 Å². The van der Waals surface area contributed by atoms with E-state index in [0.717, 1.165) is 24.1 Å². The maximum absolute atomic E-state index is 14.4. The van der Waals surface area contributed by atoms with Gasteiger partial charge in [-0.3, -0.25) is 4.79 Å². The summed E-state index contributed by atoms with van der Waals surface area (Å²) in [5, 5.41) is 3.15. The Morgan fingerprint density at radius 2 is 1.89 bits per heavy atom. The third kappa shape index (κ3) is 8.17. The lowest BCUT2D eigenvalue weighted by Gasteiger charge is -2.19. The van der Waals surface area contributed by atoms with Crippen LogP contribution < -0.4 is 11.1 Å². The quantitative estimate of drug-likeness (QED) is 0.309. The number of ether oxygens (including phenoxy) is 1. The van der Waals surface area contributed by atoms with Crippen molar-refractivity contribution in [3.8, 4) is 11.3 Å². The standard InChI is InChI=1S/C24H30F3N3O.CH3NO.CH2O/c1-5-6-9-31-18(14-28-4)12-21-23(19-13-20(25)16(3)10-15(19)2)29-22-11-17(24(26)27)7-8-30(21)22;2-1-3;1-2/h7-8,10-11,13,18,24,28H,5-6,9,12,14H2,1-4H3;1H,(H2,2,3);1H2. The first kappa shape index (κ1) is 30.8. The van der Waals surface area contributed by atoms with Crippen molar-refractivity contribution in [2.75, 3.05) is 20.2 Å². The van der Waals surface area contributed by atoms with Crippen LogP contribution in [0.3, 0.4) is 0 Å². The Morgan fingerprint density at radius 3 is 2.47 bits per heavy atom. The number of carbonyl (C=O) groups excluding carboxylic acids is 2. The molecule has 3 N–H and O–H groups in total. The number of fused-ring (bicyclic) bond motifs is 1. The monoisotopic (exact) mass is 508 g/mol. The van der Waals surface area contributed by atoms with E-state index in [1.807, 2.05) is 25.2 Å². The van der Waals surface area contributed by atoms with Gasteiger partial charge in [0.1, 0.15) is 18.3 Å². The van der Waals surface area contributed by atoms with Crippen molar-refractivity contribution in [1.29, 1.82) is 0 Å². The molecule has 0 aliphatic rings. The van der Waals surface area contributed by atoms with Crippen LogP contribution >= 0.6 is 0 Å². The number of nitrogens with one attached hydrogen (secondary N) is 1. The number of pyridine rings is 1. The largest absolute Gasteiger partial charge is 0.376 e. The molecular weight excluding hydrogens is 473 g/mol. The molecule has 2 heterocycles. The van der Waals surface area contributed by atoms with Gasteiger partial charge in [-0.1, -0.05) is 19.4 Å². The maximum atomic E-state index is 14.4. The molecule has 0 radical (unpaired) electrons. The van der Waals surface area contributed by atoms with Crippen LogP contribution in [0.4, 0.5) is 13.2 Å². The van der Waals surface area contributed by atoms with Gasteiger partial charge in [-0.15, -0.1) is 0 Å². The van der Waals surface area contributed by atoms with Crippen molar-refractivity contribution in [2.45, 2.75) is 52.6 Å². The highest BCUT2D eigenvalue weighted by atomic mass is 19.3. The summed E-state index contributed by atoms with van der Waals surface area (Å²) < 4.78 is 48.8. The molecule has 36 heavy (non-hydrogen) atoms. The van der Waals surface area contributed by atoms with Gasteiger partial charge in [-0.2, -0.15) is 0 Å². The summed E-state index contributed by atoms with van der Waals surface area (Å²) in [5.74, 6) is -0.317. The molecule has 10 heteroatoms. The fourth-order valence-corrected chi connectivity index (χ4v) is 3.77. The summed E-state index contributed by atoms with van der Waals surface area (Å²) in [6, 6.07) is 6.06. The van der Waals surface area contributed by atoms with Crippen molar-refractivity contribution in [3.05, 3.63) is 58.7 Å². The lowest BCUT2D eigenvalue weighted by Crippen LogP contribution is -2.29. The van der Waals surface area contributed by atoms with Gasteiger partial charge in [0.05, 0.1) is 17.5 Å². The molecule has 0 aliphatic heterocycles. The summed E-state index contributed by atoms with van der Waals surface area (Å²) in [7, 11) is 1.86. The molecular formula is C26H35F3N4O3. The van der Waals surface area contributed by atoms with E-state index in [0.29, 0.717) is 42.0 Å². The molecule has 2 aromatic heterocycles. The first-order chi connectivity index (χ1) is 17.3. The second-order valence-electron chi connectivity index (χ2n) is 8.06. The van der Waals surface area contributed by atoms with Crippen LogP contribution in [0.15, 0.2) is 30.5 Å². The first-order valence-electron chi connectivity index (χ1n) is 11.5. The number of alkyl halides is 2. The number of aromatic nitrogens is 2. The number of halogens is 3. The lowest BCUT2D eigenvalue weighted by atomic mass is 9.99. The first-order valence-corrected chi connectivity index (χ1v) is 11.5. The highest BCUT2D eigenvalue weighted by Crippen LogP contribution is 2.31.